The number of hydrogen-bond acceptors (Lipinski definition) is 3. The first-order chi connectivity index (χ1) is 11.0. The van der Waals surface area contributed by atoms with Gasteiger partial charge in [0.1, 0.15) is 0 Å². The second-order valence-corrected chi connectivity index (χ2v) is 5.26. The largest absolute Gasteiger partial charge is 0.449 e. The highest BCUT2D eigenvalue weighted by Crippen LogP contribution is 2.15. The van der Waals surface area contributed by atoms with Gasteiger partial charge in [-0.05, 0) is 36.8 Å². The number of halogens is 1. The van der Waals surface area contributed by atoms with Gasteiger partial charge in [-0.1, -0.05) is 48.0 Å². The number of amides is 1. The van der Waals surface area contributed by atoms with Crippen LogP contribution in [0.5, 0.6) is 0 Å². The Morgan fingerprint density at radius 2 is 1.87 bits per heavy atom. The number of anilines is 1. The molecule has 0 saturated carbocycles. The van der Waals surface area contributed by atoms with E-state index in [1.165, 1.54) is 13.0 Å². The lowest BCUT2D eigenvalue weighted by atomic mass is 10.2. The van der Waals surface area contributed by atoms with Gasteiger partial charge in [-0.2, -0.15) is 0 Å². The average Bonchev–Trinajstić information content (AvgIpc) is 2.54. The quantitative estimate of drug-likeness (QED) is 0.668. The van der Waals surface area contributed by atoms with Gasteiger partial charge in [0, 0.05) is 16.8 Å². The van der Waals surface area contributed by atoms with Crippen molar-refractivity contribution < 1.29 is 14.3 Å². The maximum Gasteiger partial charge on any atom is 0.331 e. The van der Waals surface area contributed by atoms with Gasteiger partial charge < -0.3 is 10.1 Å². The zero-order chi connectivity index (χ0) is 16.7. The lowest BCUT2D eigenvalue weighted by Crippen LogP contribution is -2.29. The van der Waals surface area contributed by atoms with Crippen LogP contribution < -0.4 is 5.32 Å². The van der Waals surface area contributed by atoms with Gasteiger partial charge in [0.15, 0.2) is 6.10 Å². The van der Waals surface area contributed by atoms with Gasteiger partial charge in [0.25, 0.3) is 5.91 Å². The summed E-state index contributed by atoms with van der Waals surface area (Å²) in [5.41, 5.74) is 1.42. The van der Waals surface area contributed by atoms with Crippen LogP contribution in [0, 0.1) is 0 Å². The van der Waals surface area contributed by atoms with Gasteiger partial charge in [-0.3, -0.25) is 4.79 Å². The van der Waals surface area contributed by atoms with Gasteiger partial charge >= 0.3 is 5.97 Å². The molecular formula is C18H16ClNO3. The van der Waals surface area contributed by atoms with E-state index in [0.29, 0.717) is 10.7 Å². The number of esters is 1. The van der Waals surface area contributed by atoms with E-state index in [1.807, 2.05) is 30.3 Å². The molecule has 0 saturated heterocycles. The van der Waals surface area contributed by atoms with Crippen LogP contribution in [0.25, 0.3) is 6.08 Å². The number of hydrogen-bond donors (Lipinski definition) is 1. The maximum absolute atomic E-state index is 12.0. The summed E-state index contributed by atoms with van der Waals surface area (Å²) < 4.78 is 5.07. The summed E-state index contributed by atoms with van der Waals surface area (Å²) in [5.74, 6) is -1.00. The molecule has 23 heavy (non-hydrogen) atoms. The molecule has 4 nitrogen and oxygen atoms in total. The zero-order valence-electron chi connectivity index (χ0n) is 12.5. The molecule has 118 valence electrons. The SMILES string of the molecule is C[C@@H](OC(=O)/C=C/c1ccccc1)C(=O)Nc1cccc(Cl)c1. The molecule has 1 amide bonds. The smallest absolute Gasteiger partial charge is 0.331 e. The molecule has 0 aliphatic carbocycles. The molecule has 5 heteroatoms. The molecule has 2 aromatic rings. The third-order valence-corrected chi connectivity index (χ3v) is 3.20. The van der Waals surface area contributed by atoms with Crippen LogP contribution in [0.15, 0.2) is 60.7 Å². The topological polar surface area (TPSA) is 55.4 Å². The lowest BCUT2D eigenvalue weighted by Gasteiger charge is -2.12. The molecule has 0 unspecified atom stereocenters. The van der Waals surface area contributed by atoms with E-state index in [0.717, 1.165) is 5.56 Å². The van der Waals surface area contributed by atoms with Crippen LogP contribution in [0.3, 0.4) is 0 Å². The Kier molecular flexibility index (Phi) is 5.94. The van der Waals surface area contributed by atoms with E-state index in [1.54, 1.807) is 30.3 Å². The minimum atomic E-state index is -0.915. The first-order valence-corrected chi connectivity index (χ1v) is 7.42. The Hall–Kier alpha value is -2.59. The van der Waals surface area contributed by atoms with Gasteiger partial charge in [0.05, 0.1) is 0 Å². The molecular weight excluding hydrogens is 314 g/mol. The van der Waals surface area contributed by atoms with Crippen molar-refractivity contribution in [3.8, 4) is 0 Å². The van der Waals surface area contributed by atoms with Gasteiger partial charge in [-0.25, -0.2) is 4.79 Å². The van der Waals surface area contributed by atoms with Crippen molar-refractivity contribution in [2.24, 2.45) is 0 Å². The molecule has 0 fully saturated rings. The minimum absolute atomic E-state index is 0.422. The van der Waals surface area contributed by atoms with Crippen LogP contribution in [-0.2, 0) is 14.3 Å². The molecule has 1 N–H and O–H groups in total. The summed E-state index contributed by atoms with van der Waals surface area (Å²) in [7, 11) is 0. The first kappa shape index (κ1) is 16.8. The number of nitrogens with one attached hydrogen (secondary N) is 1. The normalized spacial score (nSPS) is 11.9. The van der Waals surface area contributed by atoms with E-state index >= 15 is 0 Å². The number of carbonyl (C=O) groups excluding carboxylic acids is 2. The molecule has 2 rings (SSSR count). The lowest BCUT2D eigenvalue weighted by molar-refractivity contribution is -0.148. The summed E-state index contributed by atoms with van der Waals surface area (Å²) in [6.45, 7) is 1.51. The van der Waals surface area contributed by atoms with Crippen LogP contribution in [0.1, 0.15) is 12.5 Å². The summed E-state index contributed by atoms with van der Waals surface area (Å²) in [5, 5.41) is 3.15. The molecule has 0 radical (unpaired) electrons. The van der Waals surface area contributed by atoms with E-state index in [2.05, 4.69) is 5.32 Å². The van der Waals surface area contributed by atoms with Crippen molar-refractivity contribution in [3.05, 3.63) is 71.3 Å². The van der Waals surface area contributed by atoms with Crippen LogP contribution in [0.4, 0.5) is 5.69 Å². The molecule has 0 aliphatic rings. The Balaban J connectivity index is 1.88. The van der Waals surface area contributed by atoms with E-state index in [9.17, 15) is 9.59 Å². The first-order valence-electron chi connectivity index (χ1n) is 7.05. The highest BCUT2D eigenvalue weighted by atomic mass is 35.5. The molecule has 2 aromatic carbocycles. The fourth-order valence-corrected chi connectivity index (χ4v) is 2.00. The van der Waals surface area contributed by atoms with Crippen molar-refractivity contribution in [2.45, 2.75) is 13.0 Å². The second-order valence-electron chi connectivity index (χ2n) is 4.82. The number of rotatable bonds is 5. The third kappa shape index (κ3) is 5.60. The van der Waals surface area contributed by atoms with Crippen molar-refractivity contribution in [1.82, 2.24) is 0 Å². The summed E-state index contributed by atoms with van der Waals surface area (Å²) in [6.07, 6.45) is 2.00. The van der Waals surface area contributed by atoms with Crippen LogP contribution in [-0.4, -0.2) is 18.0 Å². The number of ether oxygens (including phenoxy) is 1. The van der Waals surface area contributed by atoms with Crippen molar-refractivity contribution in [3.63, 3.8) is 0 Å². The third-order valence-electron chi connectivity index (χ3n) is 2.97. The second kappa shape index (κ2) is 8.15. The predicted molar refractivity (Wildman–Crippen MR) is 91.1 cm³/mol. The van der Waals surface area contributed by atoms with E-state index in [-0.39, 0.29) is 0 Å². The van der Waals surface area contributed by atoms with Crippen molar-refractivity contribution >= 4 is 35.2 Å². The molecule has 0 aliphatic heterocycles. The molecule has 0 bridgehead atoms. The highest BCUT2D eigenvalue weighted by Gasteiger charge is 2.16. The Labute approximate surface area is 139 Å². The Bertz CT molecular complexity index is 713. The van der Waals surface area contributed by atoms with Gasteiger partial charge in [0.2, 0.25) is 0 Å². The van der Waals surface area contributed by atoms with Crippen molar-refractivity contribution in [1.29, 1.82) is 0 Å². The molecule has 1 atom stereocenters. The zero-order valence-corrected chi connectivity index (χ0v) is 13.3. The highest BCUT2D eigenvalue weighted by molar-refractivity contribution is 6.30. The summed E-state index contributed by atoms with van der Waals surface area (Å²) >= 11 is 5.85. The average molecular weight is 330 g/mol. The predicted octanol–water partition coefficient (Wildman–Crippen LogP) is 3.92. The maximum atomic E-state index is 12.0. The standard InChI is InChI=1S/C18H16ClNO3/c1-13(18(22)20-16-9-5-8-15(19)12-16)23-17(21)11-10-14-6-3-2-4-7-14/h2-13H,1H3,(H,20,22)/b11-10+/t13-/m1/s1. The monoisotopic (exact) mass is 329 g/mol. The molecule has 0 aromatic heterocycles. The summed E-state index contributed by atoms with van der Waals surface area (Å²) in [4.78, 5) is 23.7. The minimum Gasteiger partial charge on any atom is -0.449 e. The Morgan fingerprint density at radius 3 is 2.57 bits per heavy atom. The summed E-state index contributed by atoms with van der Waals surface area (Å²) in [6, 6.07) is 16.1. The Morgan fingerprint density at radius 1 is 1.13 bits per heavy atom. The van der Waals surface area contributed by atoms with Crippen LogP contribution >= 0.6 is 11.6 Å². The van der Waals surface area contributed by atoms with Crippen LogP contribution in [0.2, 0.25) is 5.02 Å². The van der Waals surface area contributed by atoms with E-state index < -0.39 is 18.0 Å². The molecule has 0 spiro atoms. The molecule has 0 heterocycles. The van der Waals surface area contributed by atoms with E-state index in [4.69, 9.17) is 16.3 Å². The fraction of sp³-hybridized carbons (Fsp3) is 0.111. The number of benzene rings is 2. The van der Waals surface area contributed by atoms with Gasteiger partial charge in [-0.15, -0.1) is 0 Å². The fourth-order valence-electron chi connectivity index (χ4n) is 1.81. The van der Waals surface area contributed by atoms with Crippen molar-refractivity contribution in [2.75, 3.05) is 5.32 Å². The number of carbonyl (C=O) groups is 2.